The van der Waals surface area contributed by atoms with E-state index in [0.717, 1.165) is 6.42 Å². The first-order valence-electron chi connectivity index (χ1n) is 10.7. The quantitative estimate of drug-likeness (QED) is 0.263. The lowest BCUT2D eigenvalue weighted by atomic mass is 9.98. The summed E-state index contributed by atoms with van der Waals surface area (Å²) in [5.41, 5.74) is 11.6. The summed E-state index contributed by atoms with van der Waals surface area (Å²) in [4.78, 5) is 50.8. The number of unbranched alkanes of at least 4 members (excludes halogenated alkanes) is 1. The molecule has 1 aliphatic rings. The van der Waals surface area contributed by atoms with Crippen molar-refractivity contribution in [2.45, 2.75) is 83.5 Å². The van der Waals surface area contributed by atoms with Crippen molar-refractivity contribution in [1.29, 1.82) is 0 Å². The molecule has 5 unspecified atom stereocenters. The van der Waals surface area contributed by atoms with Crippen molar-refractivity contribution in [1.82, 2.24) is 15.5 Å². The number of nitrogens with two attached hydrogens (primary N) is 2. The molecular weight excluding hydrogens is 390 g/mol. The van der Waals surface area contributed by atoms with Crippen molar-refractivity contribution >= 4 is 23.7 Å². The molecule has 1 rings (SSSR count). The number of carboxylic acid groups (broad SMARTS) is 1. The van der Waals surface area contributed by atoms with Crippen molar-refractivity contribution in [3.05, 3.63) is 0 Å². The monoisotopic (exact) mass is 427 g/mol. The number of aliphatic carboxylic acids is 1. The Hall–Kier alpha value is -2.20. The van der Waals surface area contributed by atoms with Gasteiger partial charge in [0.05, 0.1) is 6.04 Å². The molecule has 10 nitrogen and oxygen atoms in total. The fourth-order valence-corrected chi connectivity index (χ4v) is 3.40. The molecule has 0 aromatic heterocycles. The third-order valence-corrected chi connectivity index (χ3v) is 5.69. The van der Waals surface area contributed by atoms with Crippen molar-refractivity contribution in [3.8, 4) is 0 Å². The third kappa shape index (κ3) is 7.24. The van der Waals surface area contributed by atoms with Gasteiger partial charge >= 0.3 is 5.97 Å². The molecule has 1 heterocycles. The second-order valence-electron chi connectivity index (χ2n) is 8.02. The molecule has 0 aromatic rings. The molecule has 1 aliphatic heterocycles. The van der Waals surface area contributed by atoms with Gasteiger partial charge in [0.15, 0.2) is 0 Å². The van der Waals surface area contributed by atoms with Gasteiger partial charge in [-0.3, -0.25) is 19.2 Å². The minimum absolute atomic E-state index is 0.00546. The van der Waals surface area contributed by atoms with Crippen molar-refractivity contribution in [2.24, 2.45) is 17.4 Å². The highest BCUT2D eigenvalue weighted by molar-refractivity contribution is 5.94. The van der Waals surface area contributed by atoms with Crippen LogP contribution in [0.3, 0.4) is 0 Å². The summed E-state index contributed by atoms with van der Waals surface area (Å²) >= 11 is 0. The van der Waals surface area contributed by atoms with Gasteiger partial charge < -0.3 is 32.1 Å². The average molecular weight is 428 g/mol. The summed E-state index contributed by atoms with van der Waals surface area (Å²) in [6.07, 6.45) is 3.52. The van der Waals surface area contributed by atoms with Crippen LogP contribution < -0.4 is 22.1 Å². The highest BCUT2D eigenvalue weighted by atomic mass is 16.4. The average Bonchev–Trinajstić information content (AvgIpc) is 3.21. The molecule has 0 spiro atoms. The number of carboxylic acids is 1. The Morgan fingerprint density at radius 2 is 1.83 bits per heavy atom. The molecular formula is C20H37N5O5. The summed E-state index contributed by atoms with van der Waals surface area (Å²) < 4.78 is 0. The zero-order valence-corrected chi connectivity index (χ0v) is 18.2. The molecule has 0 saturated carbocycles. The van der Waals surface area contributed by atoms with E-state index in [9.17, 15) is 19.2 Å². The highest BCUT2D eigenvalue weighted by Crippen LogP contribution is 2.21. The fraction of sp³-hybridized carbons (Fsp3) is 0.800. The molecule has 0 aromatic carbocycles. The van der Waals surface area contributed by atoms with E-state index in [2.05, 4.69) is 10.6 Å². The van der Waals surface area contributed by atoms with Gasteiger partial charge in [-0.1, -0.05) is 20.3 Å². The molecule has 10 heteroatoms. The van der Waals surface area contributed by atoms with Crippen LogP contribution in [0.15, 0.2) is 0 Å². The van der Waals surface area contributed by atoms with Gasteiger partial charge in [0.2, 0.25) is 17.7 Å². The van der Waals surface area contributed by atoms with E-state index in [1.54, 1.807) is 0 Å². The summed E-state index contributed by atoms with van der Waals surface area (Å²) in [5, 5.41) is 14.1. The number of amides is 3. The van der Waals surface area contributed by atoms with Gasteiger partial charge in [0.1, 0.15) is 18.1 Å². The molecule has 0 bridgehead atoms. The van der Waals surface area contributed by atoms with Crippen molar-refractivity contribution in [3.63, 3.8) is 0 Å². The maximum Gasteiger partial charge on any atom is 0.325 e. The van der Waals surface area contributed by atoms with Gasteiger partial charge in [-0.15, -0.1) is 0 Å². The first-order chi connectivity index (χ1) is 14.1. The van der Waals surface area contributed by atoms with Crippen molar-refractivity contribution < 1.29 is 24.3 Å². The molecule has 1 saturated heterocycles. The number of hydrogen-bond acceptors (Lipinski definition) is 6. The predicted octanol–water partition coefficient (Wildman–Crippen LogP) is -0.446. The molecule has 0 aliphatic carbocycles. The van der Waals surface area contributed by atoms with Gasteiger partial charge in [0, 0.05) is 6.54 Å². The molecule has 3 amide bonds. The van der Waals surface area contributed by atoms with Crippen LogP contribution in [0.1, 0.15) is 59.3 Å². The number of likely N-dealkylation sites (tertiary alicyclic amines) is 1. The van der Waals surface area contributed by atoms with Crippen LogP contribution in [-0.4, -0.2) is 71.0 Å². The predicted molar refractivity (Wildman–Crippen MR) is 112 cm³/mol. The van der Waals surface area contributed by atoms with Crippen LogP contribution in [0, 0.1) is 5.92 Å². The number of carbonyl (C=O) groups excluding carboxylic acids is 3. The Labute approximate surface area is 178 Å². The van der Waals surface area contributed by atoms with Gasteiger partial charge in [-0.25, -0.2) is 0 Å². The van der Waals surface area contributed by atoms with Gasteiger partial charge in [0.25, 0.3) is 0 Å². The van der Waals surface area contributed by atoms with Crippen LogP contribution in [-0.2, 0) is 19.2 Å². The normalized spacial score (nSPS) is 20.2. The van der Waals surface area contributed by atoms with Crippen molar-refractivity contribution in [2.75, 3.05) is 13.1 Å². The number of rotatable bonds is 12. The van der Waals surface area contributed by atoms with Gasteiger partial charge in [-0.2, -0.15) is 0 Å². The zero-order valence-electron chi connectivity index (χ0n) is 18.2. The van der Waals surface area contributed by atoms with E-state index in [-0.39, 0.29) is 11.8 Å². The molecule has 5 atom stereocenters. The Morgan fingerprint density at radius 1 is 1.17 bits per heavy atom. The molecule has 30 heavy (non-hydrogen) atoms. The number of carbonyl (C=O) groups is 4. The SMILES string of the molecule is CCC(C)C(N)C(=O)N1CCCC1C(=O)NC(CCCCN)C(=O)NC(C)C(=O)O. The largest absolute Gasteiger partial charge is 0.480 e. The van der Waals surface area contributed by atoms with E-state index >= 15 is 0 Å². The minimum atomic E-state index is -1.16. The van der Waals surface area contributed by atoms with Crippen LogP contribution in [0.5, 0.6) is 0 Å². The molecule has 0 radical (unpaired) electrons. The first-order valence-corrected chi connectivity index (χ1v) is 10.7. The second-order valence-corrected chi connectivity index (χ2v) is 8.02. The molecule has 172 valence electrons. The van der Waals surface area contributed by atoms with E-state index < -0.39 is 42.0 Å². The Morgan fingerprint density at radius 3 is 2.40 bits per heavy atom. The third-order valence-electron chi connectivity index (χ3n) is 5.69. The summed E-state index contributed by atoms with van der Waals surface area (Å²) in [7, 11) is 0. The van der Waals surface area contributed by atoms with E-state index in [0.29, 0.717) is 45.2 Å². The number of nitrogens with one attached hydrogen (secondary N) is 2. The second kappa shape index (κ2) is 12.5. The zero-order chi connectivity index (χ0) is 22.8. The van der Waals surface area contributed by atoms with Crippen LogP contribution >= 0.6 is 0 Å². The van der Waals surface area contributed by atoms with E-state index in [1.165, 1.54) is 11.8 Å². The van der Waals surface area contributed by atoms with Gasteiger partial charge in [-0.05, 0) is 51.5 Å². The number of hydrogen-bond donors (Lipinski definition) is 5. The lowest BCUT2D eigenvalue weighted by molar-refractivity contribution is -0.143. The lowest BCUT2D eigenvalue weighted by Gasteiger charge is -2.30. The first kappa shape index (κ1) is 25.8. The standard InChI is InChI=1S/C20H37N5O5/c1-4-12(2)16(22)19(28)25-11-7-9-15(25)18(27)24-14(8-5-6-10-21)17(26)23-13(3)20(29)30/h12-16H,4-11,21-22H2,1-3H3,(H,23,26)(H,24,27)(H,29,30). The molecule has 7 N–H and O–H groups in total. The summed E-state index contributed by atoms with van der Waals surface area (Å²) in [6, 6.07) is -3.34. The Bertz CT molecular complexity index is 614. The van der Waals surface area contributed by atoms with Crippen LogP contribution in [0.4, 0.5) is 0 Å². The smallest absolute Gasteiger partial charge is 0.325 e. The Kier molecular flexibility index (Phi) is 10.8. The van der Waals surface area contributed by atoms with Crippen LogP contribution in [0.2, 0.25) is 0 Å². The topological polar surface area (TPSA) is 168 Å². The maximum atomic E-state index is 12.9. The Balaban J connectivity index is 2.86. The maximum absolute atomic E-state index is 12.9. The molecule has 1 fully saturated rings. The van der Waals surface area contributed by atoms with Crippen LogP contribution in [0.25, 0.3) is 0 Å². The highest BCUT2D eigenvalue weighted by Gasteiger charge is 2.38. The number of nitrogens with zero attached hydrogens (tertiary/aromatic N) is 1. The summed E-state index contributed by atoms with van der Waals surface area (Å²) in [6.45, 7) is 6.10. The van der Waals surface area contributed by atoms with E-state index in [1.807, 2.05) is 13.8 Å². The lowest BCUT2D eigenvalue weighted by Crippen LogP contribution is -2.56. The fourth-order valence-electron chi connectivity index (χ4n) is 3.40. The summed E-state index contributed by atoms with van der Waals surface area (Å²) in [5.74, 6) is -2.42. The van der Waals surface area contributed by atoms with E-state index in [4.69, 9.17) is 16.6 Å². The minimum Gasteiger partial charge on any atom is -0.480 e.